The number of benzene rings is 2. The summed E-state index contributed by atoms with van der Waals surface area (Å²) in [6, 6.07) is 10.8. The number of anilines is 2. The Kier molecular flexibility index (Phi) is 4.88. The van der Waals surface area contributed by atoms with Gasteiger partial charge in [-0.1, -0.05) is 6.07 Å². The summed E-state index contributed by atoms with van der Waals surface area (Å²) >= 11 is 0. The van der Waals surface area contributed by atoms with Gasteiger partial charge in [-0.15, -0.1) is 0 Å². The number of aryl methyl sites for hydroxylation is 1. The Morgan fingerprint density at radius 1 is 1.00 bits per heavy atom. The number of hydrogen-bond donors (Lipinski definition) is 2. The van der Waals surface area contributed by atoms with Crippen molar-refractivity contribution in [3.63, 3.8) is 0 Å². The number of amides is 2. The van der Waals surface area contributed by atoms with Crippen LogP contribution in [-0.4, -0.2) is 25.0 Å². The van der Waals surface area contributed by atoms with Gasteiger partial charge >= 0.3 is 0 Å². The van der Waals surface area contributed by atoms with Gasteiger partial charge in [0.25, 0.3) is 0 Å². The Labute approximate surface area is 146 Å². The molecular formula is C19H20N2O4. The standard InChI is InChI=1S/C19H20N2O4/c1-12-8-17-18(25-7-6-24-17)9-14(12)10-19(23)21-16-5-3-4-15(11-16)20-13(2)22/h3-5,8-9,11H,6-7,10H2,1-2H3,(H,20,22)(H,21,23). The van der Waals surface area contributed by atoms with Crippen molar-refractivity contribution in [2.75, 3.05) is 23.8 Å². The van der Waals surface area contributed by atoms with E-state index in [2.05, 4.69) is 10.6 Å². The predicted molar refractivity (Wildman–Crippen MR) is 95.2 cm³/mol. The fourth-order valence-corrected chi connectivity index (χ4v) is 2.68. The van der Waals surface area contributed by atoms with Crippen LogP contribution >= 0.6 is 0 Å². The molecule has 0 saturated carbocycles. The average Bonchev–Trinajstić information content (AvgIpc) is 2.55. The SMILES string of the molecule is CC(=O)Nc1cccc(NC(=O)Cc2cc3c(cc2C)OCCO3)c1. The number of rotatable bonds is 4. The van der Waals surface area contributed by atoms with Crippen molar-refractivity contribution in [3.05, 3.63) is 47.5 Å². The number of carbonyl (C=O) groups is 2. The molecule has 2 aromatic rings. The number of carbonyl (C=O) groups excluding carboxylic acids is 2. The second-order valence-electron chi connectivity index (χ2n) is 5.91. The molecule has 1 heterocycles. The zero-order chi connectivity index (χ0) is 17.8. The third-order valence-corrected chi connectivity index (χ3v) is 3.82. The molecule has 0 bridgehead atoms. The number of fused-ring (bicyclic) bond motifs is 1. The van der Waals surface area contributed by atoms with E-state index in [1.807, 2.05) is 19.1 Å². The van der Waals surface area contributed by atoms with Crippen LogP contribution in [0.15, 0.2) is 36.4 Å². The lowest BCUT2D eigenvalue weighted by atomic mass is 10.0. The van der Waals surface area contributed by atoms with E-state index in [9.17, 15) is 9.59 Å². The van der Waals surface area contributed by atoms with Gasteiger partial charge in [0.1, 0.15) is 13.2 Å². The van der Waals surface area contributed by atoms with E-state index in [0.29, 0.717) is 30.3 Å². The molecule has 0 fully saturated rings. The van der Waals surface area contributed by atoms with Crippen LogP contribution in [0.1, 0.15) is 18.1 Å². The molecule has 0 radical (unpaired) electrons. The molecule has 2 aromatic carbocycles. The van der Waals surface area contributed by atoms with Crippen LogP contribution in [0.3, 0.4) is 0 Å². The zero-order valence-corrected chi connectivity index (χ0v) is 14.2. The minimum absolute atomic E-state index is 0.139. The molecule has 3 rings (SSSR count). The largest absolute Gasteiger partial charge is 0.486 e. The monoisotopic (exact) mass is 340 g/mol. The zero-order valence-electron chi connectivity index (χ0n) is 14.2. The van der Waals surface area contributed by atoms with Gasteiger partial charge in [0, 0.05) is 18.3 Å². The van der Waals surface area contributed by atoms with Crippen molar-refractivity contribution in [2.24, 2.45) is 0 Å². The van der Waals surface area contributed by atoms with E-state index in [-0.39, 0.29) is 18.2 Å². The molecule has 0 saturated heterocycles. The molecule has 25 heavy (non-hydrogen) atoms. The summed E-state index contributed by atoms with van der Waals surface area (Å²) in [4.78, 5) is 23.5. The van der Waals surface area contributed by atoms with Gasteiger partial charge in [-0.25, -0.2) is 0 Å². The summed E-state index contributed by atoms with van der Waals surface area (Å²) in [7, 11) is 0. The highest BCUT2D eigenvalue weighted by atomic mass is 16.6. The Hall–Kier alpha value is -3.02. The highest BCUT2D eigenvalue weighted by Crippen LogP contribution is 2.33. The van der Waals surface area contributed by atoms with Gasteiger partial charge in [-0.3, -0.25) is 9.59 Å². The third-order valence-electron chi connectivity index (χ3n) is 3.82. The van der Waals surface area contributed by atoms with Gasteiger partial charge in [0.05, 0.1) is 6.42 Å². The van der Waals surface area contributed by atoms with Crippen molar-refractivity contribution in [2.45, 2.75) is 20.3 Å². The Morgan fingerprint density at radius 2 is 1.64 bits per heavy atom. The molecule has 6 heteroatoms. The molecule has 0 spiro atoms. The van der Waals surface area contributed by atoms with Crippen LogP contribution in [0, 0.1) is 6.92 Å². The average molecular weight is 340 g/mol. The fraction of sp³-hybridized carbons (Fsp3) is 0.263. The van der Waals surface area contributed by atoms with Crippen LogP contribution < -0.4 is 20.1 Å². The summed E-state index contributed by atoms with van der Waals surface area (Å²) < 4.78 is 11.1. The summed E-state index contributed by atoms with van der Waals surface area (Å²) in [5.41, 5.74) is 3.14. The molecule has 130 valence electrons. The summed E-state index contributed by atoms with van der Waals surface area (Å²) in [6.45, 7) is 4.43. The van der Waals surface area contributed by atoms with Gasteiger partial charge in [0.2, 0.25) is 11.8 Å². The third kappa shape index (κ3) is 4.29. The second-order valence-corrected chi connectivity index (χ2v) is 5.91. The summed E-state index contributed by atoms with van der Waals surface area (Å²) in [5.74, 6) is 1.10. The molecular weight excluding hydrogens is 320 g/mol. The molecule has 6 nitrogen and oxygen atoms in total. The molecule has 0 aromatic heterocycles. The highest BCUT2D eigenvalue weighted by molar-refractivity contribution is 5.94. The van der Waals surface area contributed by atoms with Crippen LogP contribution in [0.2, 0.25) is 0 Å². The highest BCUT2D eigenvalue weighted by Gasteiger charge is 2.16. The van der Waals surface area contributed by atoms with Gasteiger partial charge in [-0.2, -0.15) is 0 Å². The molecule has 2 amide bonds. The van der Waals surface area contributed by atoms with E-state index < -0.39 is 0 Å². The lowest BCUT2D eigenvalue weighted by Gasteiger charge is -2.20. The Balaban J connectivity index is 1.69. The molecule has 0 unspecified atom stereocenters. The minimum atomic E-state index is -0.157. The van der Waals surface area contributed by atoms with E-state index in [4.69, 9.17) is 9.47 Å². The van der Waals surface area contributed by atoms with Gasteiger partial charge < -0.3 is 20.1 Å². The van der Waals surface area contributed by atoms with E-state index in [1.54, 1.807) is 24.3 Å². The van der Waals surface area contributed by atoms with Crippen LogP contribution in [0.5, 0.6) is 11.5 Å². The lowest BCUT2D eigenvalue weighted by molar-refractivity contribution is -0.116. The first-order chi connectivity index (χ1) is 12.0. The molecule has 0 atom stereocenters. The topological polar surface area (TPSA) is 76.7 Å². The number of hydrogen-bond acceptors (Lipinski definition) is 4. The van der Waals surface area contributed by atoms with Crippen molar-refractivity contribution >= 4 is 23.2 Å². The number of nitrogens with one attached hydrogen (secondary N) is 2. The van der Waals surface area contributed by atoms with E-state index in [1.165, 1.54) is 6.92 Å². The first-order valence-corrected chi connectivity index (χ1v) is 8.08. The van der Waals surface area contributed by atoms with E-state index in [0.717, 1.165) is 16.9 Å². The van der Waals surface area contributed by atoms with Crippen LogP contribution in [-0.2, 0) is 16.0 Å². The second kappa shape index (κ2) is 7.25. The van der Waals surface area contributed by atoms with Crippen LogP contribution in [0.4, 0.5) is 11.4 Å². The van der Waals surface area contributed by atoms with E-state index >= 15 is 0 Å². The molecule has 2 N–H and O–H groups in total. The van der Waals surface area contributed by atoms with Crippen molar-refractivity contribution in [3.8, 4) is 11.5 Å². The Bertz CT molecular complexity index is 817. The minimum Gasteiger partial charge on any atom is -0.486 e. The van der Waals surface area contributed by atoms with Gasteiger partial charge in [0.15, 0.2) is 11.5 Å². The van der Waals surface area contributed by atoms with Crippen molar-refractivity contribution < 1.29 is 19.1 Å². The quantitative estimate of drug-likeness (QED) is 0.897. The Morgan fingerprint density at radius 3 is 2.32 bits per heavy atom. The lowest BCUT2D eigenvalue weighted by Crippen LogP contribution is -2.18. The van der Waals surface area contributed by atoms with Gasteiger partial charge in [-0.05, 0) is 48.4 Å². The van der Waals surface area contributed by atoms with Crippen molar-refractivity contribution in [1.82, 2.24) is 0 Å². The number of ether oxygens (including phenoxy) is 2. The maximum absolute atomic E-state index is 12.4. The molecule has 0 aliphatic carbocycles. The molecule has 1 aliphatic rings. The molecule has 1 aliphatic heterocycles. The smallest absolute Gasteiger partial charge is 0.228 e. The summed E-state index contributed by atoms with van der Waals surface area (Å²) in [6.07, 6.45) is 0.229. The maximum Gasteiger partial charge on any atom is 0.228 e. The van der Waals surface area contributed by atoms with Crippen LogP contribution in [0.25, 0.3) is 0 Å². The van der Waals surface area contributed by atoms with Crippen molar-refractivity contribution in [1.29, 1.82) is 0 Å². The first-order valence-electron chi connectivity index (χ1n) is 8.08. The predicted octanol–water partition coefficient (Wildman–Crippen LogP) is 2.91. The fourth-order valence-electron chi connectivity index (χ4n) is 2.68. The normalized spacial score (nSPS) is 12.4. The first kappa shape index (κ1) is 16.8. The maximum atomic E-state index is 12.4. The summed E-state index contributed by atoms with van der Waals surface area (Å²) in [5, 5.41) is 5.54.